The van der Waals surface area contributed by atoms with Gasteiger partial charge in [-0.05, 0) is 32.2 Å². The lowest BCUT2D eigenvalue weighted by molar-refractivity contribution is 0.124. The summed E-state index contributed by atoms with van der Waals surface area (Å²) in [6, 6.07) is 3.46. The van der Waals surface area contributed by atoms with Crippen molar-refractivity contribution < 1.29 is 4.52 Å². The van der Waals surface area contributed by atoms with E-state index in [1.807, 2.05) is 6.07 Å². The van der Waals surface area contributed by atoms with Crippen molar-refractivity contribution in [2.24, 2.45) is 0 Å². The van der Waals surface area contributed by atoms with E-state index in [1.54, 1.807) is 6.20 Å². The molecule has 1 unspecified atom stereocenters. The second kappa shape index (κ2) is 5.19. The number of nitrogens with zero attached hydrogens (tertiary/aromatic N) is 2. The summed E-state index contributed by atoms with van der Waals surface area (Å²) >= 11 is 0. The molecule has 2 aliphatic rings. The van der Waals surface area contributed by atoms with Gasteiger partial charge < -0.3 is 9.84 Å². The summed E-state index contributed by atoms with van der Waals surface area (Å²) in [6.07, 6.45) is 8.46. The highest BCUT2D eigenvalue weighted by molar-refractivity contribution is 4.95. The predicted molar refractivity (Wildman–Crippen MR) is 65.6 cm³/mol. The number of likely N-dealkylation sites (tertiary alicyclic amines) is 1. The van der Waals surface area contributed by atoms with Gasteiger partial charge >= 0.3 is 0 Å². The van der Waals surface area contributed by atoms with Crippen molar-refractivity contribution in [3.63, 3.8) is 0 Å². The first kappa shape index (κ1) is 11.2. The van der Waals surface area contributed by atoms with Gasteiger partial charge in [-0.3, -0.25) is 4.90 Å². The molecular weight excluding hydrogens is 214 g/mol. The zero-order valence-electron chi connectivity index (χ0n) is 10.3. The van der Waals surface area contributed by atoms with Crippen molar-refractivity contribution in [3.05, 3.63) is 18.0 Å². The summed E-state index contributed by atoms with van der Waals surface area (Å²) in [4.78, 5) is 2.54. The van der Waals surface area contributed by atoms with Crippen LogP contribution in [0.15, 0.2) is 16.8 Å². The molecule has 0 spiro atoms. The number of aromatic nitrogens is 1. The van der Waals surface area contributed by atoms with Gasteiger partial charge in [0.25, 0.3) is 0 Å². The first-order valence-corrected chi connectivity index (χ1v) is 6.79. The summed E-state index contributed by atoms with van der Waals surface area (Å²) in [5, 5.41) is 7.43. The third-order valence-corrected chi connectivity index (χ3v) is 3.82. The minimum absolute atomic E-state index is 0.675. The Morgan fingerprint density at radius 1 is 1.35 bits per heavy atom. The zero-order chi connectivity index (χ0) is 11.5. The third kappa shape index (κ3) is 3.07. The molecule has 17 heavy (non-hydrogen) atoms. The van der Waals surface area contributed by atoms with Crippen LogP contribution < -0.4 is 5.32 Å². The van der Waals surface area contributed by atoms with Crippen LogP contribution in [0.5, 0.6) is 0 Å². The van der Waals surface area contributed by atoms with Crippen molar-refractivity contribution in [2.75, 3.05) is 13.1 Å². The molecule has 1 aliphatic carbocycles. The summed E-state index contributed by atoms with van der Waals surface area (Å²) in [5.41, 5.74) is 0. The highest BCUT2D eigenvalue weighted by Gasteiger charge is 2.26. The molecule has 4 nitrogen and oxygen atoms in total. The van der Waals surface area contributed by atoms with Crippen molar-refractivity contribution in [3.8, 4) is 0 Å². The normalized spacial score (nSPS) is 26.2. The molecule has 0 aromatic carbocycles. The van der Waals surface area contributed by atoms with Gasteiger partial charge in [0, 0.05) is 24.7 Å². The smallest absolute Gasteiger partial charge is 0.150 e. The lowest BCUT2D eigenvalue weighted by atomic mass is 10.0. The highest BCUT2D eigenvalue weighted by atomic mass is 16.5. The molecule has 1 aromatic heterocycles. The Balaban J connectivity index is 1.54. The monoisotopic (exact) mass is 235 g/mol. The Morgan fingerprint density at radius 3 is 3.06 bits per heavy atom. The Morgan fingerprint density at radius 2 is 2.29 bits per heavy atom. The van der Waals surface area contributed by atoms with Crippen LogP contribution in [0, 0.1) is 0 Å². The second-order valence-electron chi connectivity index (χ2n) is 5.28. The summed E-state index contributed by atoms with van der Waals surface area (Å²) < 4.78 is 5.21. The van der Waals surface area contributed by atoms with Crippen LogP contribution in [-0.2, 0) is 6.54 Å². The standard InChI is InChI=1S/C13H21N3O/c1-2-8-16(10-13-6-7-15-17-13)12(3-1)9-14-11-4-5-11/h6-7,11-12,14H,1-5,8-10H2. The molecule has 3 rings (SSSR count). The van der Waals surface area contributed by atoms with Crippen LogP contribution in [0.3, 0.4) is 0 Å². The lowest BCUT2D eigenvalue weighted by Gasteiger charge is -2.35. The molecule has 2 fully saturated rings. The zero-order valence-corrected chi connectivity index (χ0v) is 10.3. The fourth-order valence-electron chi connectivity index (χ4n) is 2.61. The van der Waals surface area contributed by atoms with Crippen molar-refractivity contribution in [1.29, 1.82) is 0 Å². The van der Waals surface area contributed by atoms with Crippen molar-refractivity contribution >= 4 is 0 Å². The molecule has 1 atom stereocenters. The number of hydrogen-bond acceptors (Lipinski definition) is 4. The van der Waals surface area contributed by atoms with E-state index in [0.29, 0.717) is 6.04 Å². The van der Waals surface area contributed by atoms with Crippen LogP contribution in [0.2, 0.25) is 0 Å². The maximum Gasteiger partial charge on any atom is 0.150 e. The summed E-state index contributed by atoms with van der Waals surface area (Å²) in [6.45, 7) is 3.24. The molecule has 1 aliphatic heterocycles. The molecule has 1 saturated carbocycles. The van der Waals surface area contributed by atoms with Gasteiger partial charge in [-0.1, -0.05) is 11.6 Å². The number of nitrogens with one attached hydrogen (secondary N) is 1. The molecule has 0 bridgehead atoms. The molecule has 1 saturated heterocycles. The van der Waals surface area contributed by atoms with E-state index >= 15 is 0 Å². The van der Waals surface area contributed by atoms with E-state index in [0.717, 1.165) is 24.9 Å². The minimum Gasteiger partial charge on any atom is -0.360 e. The first-order valence-electron chi connectivity index (χ1n) is 6.79. The molecule has 2 heterocycles. The Hall–Kier alpha value is -0.870. The Kier molecular flexibility index (Phi) is 3.43. The molecule has 94 valence electrons. The fourth-order valence-corrected chi connectivity index (χ4v) is 2.61. The van der Waals surface area contributed by atoms with Gasteiger partial charge in [-0.25, -0.2) is 0 Å². The Labute approximate surface area is 102 Å². The van der Waals surface area contributed by atoms with E-state index in [2.05, 4.69) is 15.4 Å². The molecule has 0 amide bonds. The average molecular weight is 235 g/mol. The largest absolute Gasteiger partial charge is 0.360 e. The van der Waals surface area contributed by atoms with Gasteiger partial charge in [0.1, 0.15) is 0 Å². The van der Waals surface area contributed by atoms with E-state index in [1.165, 1.54) is 38.6 Å². The second-order valence-corrected chi connectivity index (χ2v) is 5.28. The maximum atomic E-state index is 5.21. The van der Waals surface area contributed by atoms with E-state index in [-0.39, 0.29) is 0 Å². The first-order chi connectivity index (χ1) is 8.42. The number of hydrogen-bond donors (Lipinski definition) is 1. The molecule has 0 radical (unpaired) electrons. The molecular formula is C13H21N3O. The molecule has 4 heteroatoms. The van der Waals surface area contributed by atoms with E-state index < -0.39 is 0 Å². The SMILES string of the molecule is c1cc(CN2CCCCC2CNC2CC2)on1. The quantitative estimate of drug-likeness (QED) is 0.844. The van der Waals surface area contributed by atoms with Crippen LogP contribution in [0.25, 0.3) is 0 Å². The minimum atomic E-state index is 0.675. The fraction of sp³-hybridized carbons (Fsp3) is 0.769. The summed E-state index contributed by atoms with van der Waals surface area (Å²) in [5.74, 6) is 0.989. The van der Waals surface area contributed by atoms with E-state index in [4.69, 9.17) is 4.52 Å². The lowest BCUT2D eigenvalue weighted by Crippen LogP contribution is -2.45. The van der Waals surface area contributed by atoms with Crippen LogP contribution in [-0.4, -0.2) is 35.2 Å². The maximum absolute atomic E-state index is 5.21. The van der Waals surface area contributed by atoms with Crippen LogP contribution in [0.1, 0.15) is 37.9 Å². The molecule has 1 N–H and O–H groups in total. The van der Waals surface area contributed by atoms with Crippen LogP contribution in [0.4, 0.5) is 0 Å². The molecule has 1 aromatic rings. The topological polar surface area (TPSA) is 41.3 Å². The van der Waals surface area contributed by atoms with Gasteiger partial charge in [0.15, 0.2) is 5.76 Å². The highest BCUT2D eigenvalue weighted by Crippen LogP contribution is 2.22. The van der Waals surface area contributed by atoms with Gasteiger partial charge in [0.05, 0.1) is 12.7 Å². The predicted octanol–water partition coefficient (Wildman–Crippen LogP) is 1.78. The van der Waals surface area contributed by atoms with Crippen LogP contribution >= 0.6 is 0 Å². The Bertz CT molecular complexity index is 334. The summed E-state index contributed by atoms with van der Waals surface area (Å²) in [7, 11) is 0. The van der Waals surface area contributed by atoms with Crippen molar-refractivity contribution in [1.82, 2.24) is 15.4 Å². The van der Waals surface area contributed by atoms with Gasteiger partial charge in [0.2, 0.25) is 0 Å². The van der Waals surface area contributed by atoms with Crippen molar-refractivity contribution in [2.45, 2.75) is 50.7 Å². The third-order valence-electron chi connectivity index (χ3n) is 3.82. The number of rotatable bonds is 5. The van der Waals surface area contributed by atoms with Gasteiger partial charge in [-0.2, -0.15) is 0 Å². The average Bonchev–Trinajstić information content (AvgIpc) is 3.05. The van der Waals surface area contributed by atoms with E-state index in [9.17, 15) is 0 Å². The number of piperidine rings is 1. The van der Waals surface area contributed by atoms with Gasteiger partial charge in [-0.15, -0.1) is 0 Å².